The number of carboxylic acids is 1. The zero-order valence-corrected chi connectivity index (χ0v) is 11.6. The van der Waals surface area contributed by atoms with Gasteiger partial charge >= 0.3 is 5.97 Å². The number of rotatable bonds is 3. The molecule has 19 heavy (non-hydrogen) atoms. The third kappa shape index (κ3) is 2.59. The summed E-state index contributed by atoms with van der Waals surface area (Å²) in [5.41, 5.74) is 0.777. The number of halogens is 1. The van der Waals surface area contributed by atoms with E-state index in [0.29, 0.717) is 5.02 Å². The Kier molecular flexibility index (Phi) is 3.80. The number of amides is 1. The molecule has 0 saturated carbocycles. The monoisotopic (exact) mass is 281 g/mol. The van der Waals surface area contributed by atoms with Crippen LogP contribution in [0, 0.1) is 5.92 Å². The van der Waals surface area contributed by atoms with Crippen molar-refractivity contribution >= 4 is 23.5 Å². The Balaban J connectivity index is 2.46. The van der Waals surface area contributed by atoms with Crippen molar-refractivity contribution in [3.8, 4) is 0 Å². The van der Waals surface area contributed by atoms with E-state index in [-0.39, 0.29) is 18.4 Å². The number of carbonyl (C=O) groups excluding carboxylic acids is 1. The highest BCUT2D eigenvalue weighted by Crippen LogP contribution is 2.40. The van der Waals surface area contributed by atoms with Crippen molar-refractivity contribution in [1.29, 1.82) is 0 Å². The number of benzene rings is 1. The van der Waals surface area contributed by atoms with Gasteiger partial charge in [-0.2, -0.15) is 0 Å². The molecule has 1 saturated heterocycles. The lowest BCUT2D eigenvalue weighted by Crippen LogP contribution is -2.36. The highest BCUT2D eigenvalue weighted by Gasteiger charge is 2.45. The van der Waals surface area contributed by atoms with Crippen molar-refractivity contribution in [1.82, 2.24) is 4.90 Å². The lowest BCUT2D eigenvalue weighted by Gasteiger charge is -2.30. The van der Waals surface area contributed by atoms with Crippen molar-refractivity contribution in [3.63, 3.8) is 0 Å². The second-order valence-corrected chi connectivity index (χ2v) is 5.48. The van der Waals surface area contributed by atoms with Gasteiger partial charge in [-0.3, -0.25) is 9.59 Å². The van der Waals surface area contributed by atoms with E-state index >= 15 is 0 Å². The van der Waals surface area contributed by atoms with Gasteiger partial charge in [0.2, 0.25) is 5.91 Å². The first kappa shape index (κ1) is 13.9. The van der Waals surface area contributed by atoms with Crippen LogP contribution >= 0.6 is 11.6 Å². The first-order valence-electron chi connectivity index (χ1n) is 6.21. The van der Waals surface area contributed by atoms with Gasteiger partial charge in [0.25, 0.3) is 0 Å². The summed E-state index contributed by atoms with van der Waals surface area (Å²) in [6.45, 7) is 3.78. The van der Waals surface area contributed by atoms with E-state index < -0.39 is 17.9 Å². The molecule has 2 rings (SSSR count). The third-order valence-electron chi connectivity index (χ3n) is 3.43. The predicted octanol–water partition coefficient (Wildman–Crippen LogP) is 2.72. The van der Waals surface area contributed by atoms with Gasteiger partial charge < -0.3 is 10.0 Å². The number of aliphatic carboxylic acids is 1. The summed E-state index contributed by atoms with van der Waals surface area (Å²) in [4.78, 5) is 25.0. The average molecular weight is 282 g/mol. The summed E-state index contributed by atoms with van der Waals surface area (Å²) >= 11 is 5.96. The molecule has 1 aromatic carbocycles. The summed E-state index contributed by atoms with van der Waals surface area (Å²) in [7, 11) is 0. The van der Waals surface area contributed by atoms with E-state index in [2.05, 4.69) is 0 Å². The van der Waals surface area contributed by atoms with E-state index in [0.717, 1.165) is 5.56 Å². The van der Waals surface area contributed by atoms with Crippen LogP contribution in [0.2, 0.25) is 5.02 Å². The molecule has 2 atom stereocenters. The van der Waals surface area contributed by atoms with Crippen LogP contribution in [0.4, 0.5) is 0 Å². The second kappa shape index (κ2) is 5.21. The molecule has 0 aromatic heterocycles. The molecule has 1 aromatic rings. The van der Waals surface area contributed by atoms with Crippen molar-refractivity contribution in [2.75, 3.05) is 0 Å². The standard InChI is InChI=1S/C14H16ClNO3/c1-8(2)16-12(17)7-11(14(18)19)13(16)9-4-3-5-10(15)6-9/h3-6,8,11,13H,7H2,1-2H3,(H,18,19). The first-order valence-corrected chi connectivity index (χ1v) is 6.59. The van der Waals surface area contributed by atoms with Crippen LogP contribution in [0.1, 0.15) is 31.9 Å². The molecule has 0 bridgehead atoms. The van der Waals surface area contributed by atoms with Gasteiger partial charge in [0, 0.05) is 17.5 Å². The van der Waals surface area contributed by atoms with Gasteiger partial charge in [-0.15, -0.1) is 0 Å². The molecule has 0 aliphatic carbocycles. The lowest BCUT2D eigenvalue weighted by atomic mass is 9.93. The summed E-state index contributed by atoms with van der Waals surface area (Å²) in [5.74, 6) is -1.78. The Hall–Kier alpha value is -1.55. The minimum absolute atomic E-state index is 0.0409. The highest BCUT2D eigenvalue weighted by atomic mass is 35.5. The Morgan fingerprint density at radius 3 is 2.68 bits per heavy atom. The molecular formula is C14H16ClNO3. The van der Waals surface area contributed by atoms with Crippen molar-refractivity contribution in [2.24, 2.45) is 5.92 Å². The normalized spacial score (nSPS) is 23.2. The summed E-state index contributed by atoms with van der Waals surface area (Å²) in [6, 6.07) is 6.58. The Bertz CT molecular complexity index is 515. The second-order valence-electron chi connectivity index (χ2n) is 5.04. The van der Waals surface area contributed by atoms with Gasteiger partial charge in [0.1, 0.15) is 0 Å². The minimum Gasteiger partial charge on any atom is -0.481 e. The molecule has 2 unspecified atom stereocenters. The van der Waals surface area contributed by atoms with Crippen molar-refractivity contribution in [2.45, 2.75) is 32.4 Å². The van der Waals surface area contributed by atoms with Gasteiger partial charge in [-0.25, -0.2) is 0 Å². The number of carboxylic acid groups (broad SMARTS) is 1. The molecule has 1 amide bonds. The summed E-state index contributed by atoms with van der Waals surface area (Å²) in [5, 5.41) is 9.87. The van der Waals surface area contributed by atoms with Crippen molar-refractivity contribution < 1.29 is 14.7 Å². The maximum atomic E-state index is 12.0. The Morgan fingerprint density at radius 2 is 2.16 bits per heavy atom. The molecule has 1 aliphatic rings. The van der Waals surface area contributed by atoms with Crippen LogP contribution in [0.5, 0.6) is 0 Å². The van der Waals surface area contributed by atoms with Gasteiger partial charge in [0.15, 0.2) is 0 Å². The summed E-state index contributed by atoms with van der Waals surface area (Å²) < 4.78 is 0. The van der Waals surface area contributed by atoms with Gasteiger partial charge in [-0.1, -0.05) is 23.7 Å². The topological polar surface area (TPSA) is 57.6 Å². The van der Waals surface area contributed by atoms with Crippen LogP contribution in [-0.4, -0.2) is 27.9 Å². The fourth-order valence-corrected chi connectivity index (χ4v) is 2.87. The molecular weight excluding hydrogens is 266 g/mol. The molecule has 1 fully saturated rings. The molecule has 0 spiro atoms. The van der Waals surface area contributed by atoms with E-state index in [1.165, 1.54) is 0 Å². The maximum absolute atomic E-state index is 12.0. The fourth-order valence-electron chi connectivity index (χ4n) is 2.67. The van der Waals surface area contributed by atoms with E-state index in [1.807, 2.05) is 19.9 Å². The van der Waals surface area contributed by atoms with Crippen LogP contribution in [-0.2, 0) is 9.59 Å². The van der Waals surface area contributed by atoms with Crippen LogP contribution < -0.4 is 0 Å². The van der Waals surface area contributed by atoms with Gasteiger partial charge in [0.05, 0.1) is 12.0 Å². The lowest BCUT2D eigenvalue weighted by molar-refractivity contribution is -0.142. The number of hydrogen-bond acceptors (Lipinski definition) is 2. The van der Waals surface area contributed by atoms with E-state index in [1.54, 1.807) is 23.1 Å². The molecule has 1 N–H and O–H groups in total. The molecule has 1 heterocycles. The molecule has 1 aliphatic heterocycles. The quantitative estimate of drug-likeness (QED) is 0.927. The largest absolute Gasteiger partial charge is 0.481 e. The van der Waals surface area contributed by atoms with Crippen LogP contribution in [0.15, 0.2) is 24.3 Å². The zero-order chi connectivity index (χ0) is 14.2. The smallest absolute Gasteiger partial charge is 0.309 e. The minimum atomic E-state index is -0.943. The maximum Gasteiger partial charge on any atom is 0.309 e. The Labute approximate surface area is 117 Å². The van der Waals surface area contributed by atoms with Crippen LogP contribution in [0.3, 0.4) is 0 Å². The molecule has 4 nitrogen and oxygen atoms in total. The van der Waals surface area contributed by atoms with Gasteiger partial charge in [-0.05, 0) is 31.5 Å². The molecule has 0 radical (unpaired) electrons. The molecule has 5 heteroatoms. The average Bonchev–Trinajstić information content (AvgIpc) is 2.67. The predicted molar refractivity (Wildman–Crippen MR) is 71.9 cm³/mol. The number of hydrogen-bond donors (Lipinski definition) is 1. The SMILES string of the molecule is CC(C)N1C(=O)CC(C(=O)O)C1c1cccc(Cl)c1. The number of carbonyl (C=O) groups is 2. The third-order valence-corrected chi connectivity index (χ3v) is 3.66. The van der Waals surface area contributed by atoms with Crippen molar-refractivity contribution in [3.05, 3.63) is 34.9 Å². The number of likely N-dealkylation sites (tertiary alicyclic amines) is 1. The summed E-state index contributed by atoms with van der Waals surface area (Å²) in [6.07, 6.45) is 0.0463. The van der Waals surface area contributed by atoms with Crippen LogP contribution in [0.25, 0.3) is 0 Å². The Morgan fingerprint density at radius 1 is 1.47 bits per heavy atom. The number of nitrogens with zero attached hydrogens (tertiary/aromatic N) is 1. The van der Waals surface area contributed by atoms with E-state index in [9.17, 15) is 14.7 Å². The first-order chi connectivity index (χ1) is 8.91. The molecule has 102 valence electrons. The zero-order valence-electron chi connectivity index (χ0n) is 10.8. The fraction of sp³-hybridized carbons (Fsp3) is 0.429. The highest BCUT2D eigenvalue weighted by molar-refractivity contribution is 6.30. The van der Waals surface area contributed by atoms with E-state index in [4.69, 9.17) is 11.6 Å².